The van der Waals surface area contributed by atoms with Crippen molar-refractivity contribution in [2.75, 3.05) is 31.1 Å². The van der Waals surface area contributed by atoms with Gasteiger partial charge in [-0.05, 0) is 25.0 Å². The summed E-state index contributed by atoms with van der Waals surface area (Å²) in [5, 5.41) is 8.62. The fourth-order valence-corrected chi connectivity index (χ4v) is 3.78. The lowest BCUT2D eigenvalue weighted by molar-refractivity contribution is -0.136. The molecular formula is C18H24N6O. The molecule has 132 valence electrons. The predicted molar refractivity (Wildman–Crippen MR) is 94.5 cm³/mol. The zero-order chi connectivity index (χ0) is 17.1. The molecule has 1 amide bonds. The average molecular weight is 340 g/mol. The molecule has 0 aromatic carbocycles. The molecule has 0 atom stereocenters. The molecule has 7 nitrogen and oxygen atoms in total. The van der Waals surface area contributed by atoms with Gasteiger partial charge in [-0.3, -0.25) is 9.36 Å². The van der Waals surface area contributed by atoms with E-state index in [0.29, 0.717) is 5.91 Å². The largest absolute Gasteiger partial charge is 0.352 e. The standard InChI is InChI=1S/C18H24N6O/c25-18(15-4-2-1-3-5-15)23-12-10-22(11-13-23)16-6-7-17(21-20-16)24-9-8-19-14-24/h6-9,14-15H,1-5,10-13H2. The van der Waals surface area contributed by atoms with E-state index in [1.807, 2.05) is 27.8 Å². The quantitative estimate of drug-likeness (QED) is 0.853. The smallest absolute Gasteiger partial charge is 0.225 e. The third kappa shape index (κ3) is 3.50. The van der Waals surface area contributed by atoms with Crippen LogP contribution < -0.4 is 4.90 Å². The Labute approximate surface area is 147 Å². The second-order valence-electron chi connectivity index (χ2n) is 6.87. The molecule has 2 aromatic heterocycles. The van der Waals surface area contributed by atoms with Gasteiger partial charge in [-0.1, -0.05) is 19.3 Å². The molecule has 2 aliphatic rings. The van der Waals surface area contributed by atoms with Gasteiger partial charge < -0.3 is 9.80 Å². The molecule has 2 aromatic rings. The van der Waals surface area contributed by atoms with E-state index in [2.05, 4.69) is 20.1 Å². The Morgan fingerprint density at radius 2 is 1.68 bits per heavy atom. The summed E-state index contributed by atoms with van der Waals surface area (Å²) in [5.41, 5.74) is 0. The Balaban J connectivity index is 1.34. The van der Waals surface area contributed by atoms with Gasteiger partial charge in [-0.25, -0.2) is 4.98 Å². The second-order valence-corrected chi connectivity index (χ2v) is 6.87. The van der Waals surface area contributed by atoms with Crippen LogP contribution in [0.15, 0.2) is 30.9 Å². The van der Waals surface area contributed by atoms with Gasteiger partial charge in [0, 0.05) is 44.5 Å². The summed E-state index contributed by atoms with van der Waals surface area (Å²) in [4.78, 5) is 20.9. The minimum Gasteiger partial charge on any atom is -0.352 e. The zero-order valence-corrected chi connectivity index (χ0v) is 14.4. The van der Waals surface area contributed by atoms with E-state index in [0.717, 1.165) is 50.7 Å². The van der Waals surface area contributed by atoms with Crippen LogP contribution in [0.3, 0.4) is 0 Å². The first-order chi connectivity index (χ1) is 12.3. The minimum atomic E-state index is 0.259. The van der Waals surface area contributed by atoms with Crippen LogP contribution in [0.5, 0.6) is 0 Å². The maximum absolute atomic E-state index is 12.6. The molecule has 0 spiro atoms. The first-order valence-corrected chi connectivity index (χ1v) is 9.17. The number of hydrogen-bond donors (Lipinski definition) is 0. The number of rotatable bonds is 3. The van der Waals surface area contributed by atoms with Gasteiger partial charge in [-0.2, -0.15) is 0 Å². The summed E-state index contributed by atoms with van der Waals surface area (Å²) in [6, 6.07) is 3.94. The van der Waals surface area contributed by atoms with Crippen molar-refractivity contribution in [1.29, 1.82) is 0 Å². The number of amides is 1. The van der Waals surface area contributed by atoms with Crippen molar-refractivity contribution in [3.63, 3.8) is 0 Å². The molecule has 0 bridgehead atoms. The molecule has 0 N–H and O–H groups in total. The summed E-state index contributed by atoms with van der Waals surface area (Å²) in [6.45, 7) is 3.19. The van der Waals surface area contributed by atoms with Crippen molar-refractivity contribution in [2.24, 2.45) is 5.92 Å². The highest BCUT2D eigenvalue weighted by Crippen LogP contribution is 2.26. The molecule has 3 heterocycles. The Morgan fingerprint density at radius 1 is 0.960 bits per heavy atom. The molecule has 0 unspecified atom stereocenters. The topological polar surface area (TPSA) is 67.2 Å². The Hall–Kier alpha value is -2.44. The lowest BCUT2D eigenvalue weighted by Gasteiger charge is -2.37. The number of piperazine rings is 1. The van der Waals surface area contributed by atoms with E-state index < -0.39 is 0 Å². The zero-order valence-electron chi connectivity index (χ0n) is 14.4. The molecular weight excluding hydrogens is 316 g/mol. The lowest BCUT2D eigenvalue weighted by atomic mass is 9.88. The van der Waals surface area contributed by atoms with Gasteiger partial charge in [0.1, 0.15) is 6.33 Å². The third-order valence-corrected chi connectivity index (χ3v) is 5.28. The maximum atomic E-state index is 12.6. The van der Waals surface area contributed by atoms with Crippen molar-refractivity contribution in [1.82, 2.24) is 24.6 Å². The molecule has 7 heteroatoms. The SMILES string of the molecule is O=C(C1CCCCC1)N1CCN(c2ccc(-n3ccnc3)nn2)CC1. The Kier molecular flexibility index (Phi) is 4.63. The minimum absolute atomic E-state index is 0.259. The maximum Gasteiger partial charge on any atom is 0.225 e. The monoisotopic (exact) mass is 340 g/mol. The van der Waals surface area contributed by atoms with Crippen molar-refractivity contribution >= 4 is 11.7 Å². The predicted octanol–water partition coefficient (Wildman–Crippen LogP) is 1.89. The lowest BCUT2D eigenvalue weighted by Crippen LogP contribution is -2.50. The van der Waals surface area contributed by atoms with Crippen LogP contribution in [-0.4, -0.2) is 56.7 Å². The van der Waals surface area contributed by atoms with Gasteiger partial charge in [0.15, 0.2) is 11.6 Å². The Morgan fingerprint density at radius 3 is 2.32 bits per heavy atom. The number of aromatic nitrogens is 4. The fourth-order valence-electron chi connectivity index (χ4n) is 3.78. The highest BCUT2D eigenvalue weighted by molar-refractivity contribution is 5.79. The first kappa shape index (κ1) is 16.1. The molecule has 25 heavy (non-hydrogen) atoms. The van der Waals surface area contributed by atoms with E-state index >= 15 is 0 Å². The van der Waals surface area contributed by atoms with E-state index in [9.17, 15) is 4.79 Å². The van der Waals surface area contributed by atoms with Gasteiger partial charge in [0.2, 0.25) is 5.91 Å². The summed E-state index contributed by atoms with van der Waals surface area (Å²) >= 11 is 0. The van der Waals surface area contributed by atoms with Crippen LogP contribution in [0.4, 0.5) is 5.82 Å². The molecule has 2 fully saturated rings. The van der Waals surface area contributed by atoms with Crippen LogP contribution in [0.2, 0.25) is 0 Å². The highest BCUT2D eigenvalue weighted by atomic mass is 16.2. The number of hydrogen-bond acceptors (Lipinski definition) is 5. The van der Waals surface area contributed by atoms with Crippen LogP contribution in [0, 0.1) is 5.92 Å². The van der Waals surface area contributed by atoms with Crippen LogP contribution in [-0.2, 0) is 4.79 Å². The highest BCUT2D eigenvalue weighted by Gasteiger charge is 2.28. The summed E-state index contributed by atoms with van der Waals surface area (Å²) in [5.74, 6) is 2.25. The third-order valence-electron chi connectivity index (χ3n) is 5.28. The van der Waals surface area contributed by atoms with E-state index in [1.165, 1.54) is 19.3 Å². The fraction of sp³-hybridized carbons (Fsp3) is 0.556. The van der Waals surface area contributed by atoms with Crippen molar-refractivity contribution in [3.8, 4) is 5.82 Å². The van der Waals surface area contributed by atoms with Gasteiger partial charge in [0.25, 0.3) is 0 Å². The van der Waals surface area contributed by atoms with Gasteiger partial charge in [0.05, 0.1) is 0 Å². The van der Waals surface area contributed by atoms with Crippen molar-refractivity contribution in [2.45, 2.75) is 32.1 Å². The molecule has 1 saturated carbocycles. The normalized spacial score (nSPS) is 19.2. The molecule has 0 radical (unpaired) electrons. The van der Waals surface area contributed by atoms with Crippen LogP contribution >= 0.6 is 0 Å². The number of nitrogens with zero attached hydrogens (tertiary/aromatic N) is 6. The van der Waals surface area contributed by atoms with E-state index in [4.69, 9.17) is 0 Å². The number of carbonyl (C=O) groups excluding carboxylic acids is 1. The summed E-state index contributed by atoms with van der Waals surface area (Å²) < 4.78 is 1.83. The molecule has 4 rings (SSSR count). The first-order valence-electron chi connectivity index (χ1n) is 9.17. The second kappa shape index (κ2) is 7.21. The van der Waals surface area contributed by atoms with Gasteiger partial charge in [-0.15, -0.1) is 10.2 Å². The summed E-state index contributed by atoms with van der Waals surface area (Å²) in [6.07, 6.45) is 11.1. The number of imidazole rings is 1. The van der Waals surface area contributed by atoms with E-state index in [1.54, 1.807) is 12.5 Å². The van der Waals surface area contributed by atoms with Crippen molar-refractivity contribution in [3.05, 3.63) is 30.9 Å². The molecule has 1 aliphatic heterocycles. The van der Waals surface area contributed by atoms with E-state index in [-0.39, 0.29) is 5.92 Å². The van der Waals surface area contributed by atoms with Crippen LogP contribution in [0.25, 0.3) is 5.82 Å². The number of anilines is 1. The van der Waals surface area contributed by atoms with Crippen molar-refractivity contribution < 1.29 is 4.79 Å². The summed E-state index contributed by atoms with van der Waals surface area (Å²) in [7, 11) is 0. The van der Waals surface area contributed by atoms with Crippen LogP contribution in [0.1, 0.15) is 32.1 Å². The average Bonchev–Trinajstić information content (AvgIpc) is 3.23. The Bertz CT molecular complexity index is 685. The molecule has 1 aliphatic carbocycles. The number of carbonyl (C=O) groups is 1. The van der Waals surface area contributed by atoms with Gasteiger partial charge >= 0.3 is 0 Å². The molecule has 1 saturated heterocycles.